The van der Waals surface area contributed by atoms with E-state index in [2.05, 4.69) is 16.0 Å². The molecule has 1 aromatic heterocycles. The lowest BCUT2D eigenvalue weighted by atomic mass is 10.1. The van der Waals surface area contributed by atoms with Gasteiger partial charge in [0.15, 0.2) is 0 Å². The lowest BCUT2D eigenvalue weighted by Gasteiger charge is -2.29. The van der Waals surface area contributed by atoms with Crippen molar-refractivity contribution in [3.8, 4) is 17.1 Å². The van der Waals surface area contributed by atoms with Gasteiger partial charge in [-0.05, 0) is 66.2 Å². The summed E-state index contributed by atoms with van der Waals surface area (Å²) in [6, 6.07) is 19.9. The Balaban J connectivity index is 1.28. The number of aromatic nitrogens is 2. The highest BCUT2D eigenvalue weighted by Crippen LogP contribution is 2.33. The van der Waals surface area contributed by atoms with E-state index in [1.165, 1.54) is 0 Å². The molecule has 0 radical (unpaired) electrons. The molecule has 7 heteroatoms. The molecule has 6 rings (SSSR count). The van der Waals surface area contributed by atoms with Gasteiger partial charge in [0.1, 0.15) is 11.6 Å². The number of nitrogens with zero attached hydrogens (tertiary/aromatic N) is 3. The summed E-state index contributed by atoms with van der Waals surface area (Å²) in [4.78, 5) is 25.4. The Bertz CT molecular complexity index is 1340. The molecule has 0 spiro atoms. The van der Waals surface area contributed by atoms with Gasteiger partial charge in [-0.1, -0.05) is 0 Å². The first-order valence-corrected chi connectivity index (χ1v) is 11.1. The van der Waals surface area contributed by atoms with Crippen LogP contribution in [0.3, 0.4) is 0 Å². The molecule has 2 aliphatic heterocycles. The second-order valence-corrected chi connectivity index (χ2v) is 8.35. The molecule has 0 atom stereocenters. The minimum absolute atomic E-state index is 0.0350. The molecule has 0 unspecified atom stereocenters. The van der Waals surface area contributed by atoms with E-state index in [4.69, 9.17) is 14.5 Å². The number of H-pyrrole nitrogens is 1. The second-order valence-electron chi connectivity index (χ2n) is 8.35. The number of anilines is 2. The van der Waals surface area contributed by atoms with Crippen LogP contribution in [0.25, 0.3) is 22.4 Å². The van der Waals surface area contributed by atoms with Crippen molar-refractivity contribution in [2.45, 2.75) is 6.54 Å². The minimum Gasteiger partial charge on any atom is -0.497 e. The fourth-order valence-electron chi connectivity index (χ4n) is 4.59. The van der Waals surface area contributed by atoms with Gasteiger partial charge >= 0.3 is 0 Å². The largest absolute Gasteiger partial charge is 0.497 e. The normalized spacial score (nSPS) is 15.8. The van der Waals surface area contributed by atoms with Crippen LogP contribution in [-0.2, 0) is 11.3 Å². The molecule has 3 aromatic carbocycles. The first-order chi connectivity index (χ1) is 16.2. The first-order valence-electron chi connectivity index (χ1n) is 11.1. The topological polar surface area (TPSA) is 70.7 Å². The Kier molecular flexibility index (Phi) is 4.77. The molecule has 166 valence electrons. The lowest BCUT2D eigenvalue weighted by Crippen LogP contribution is -2.36. The molecule has 2 aliphatic rings. The highest BCUT2D eigenvalue weighted by molar-refractivity contribution is 6.10. The van der Waals surface area contributed by atoms with Crippen LogP contribution in [0.1, 0.15) is 15.9 Å². The van der Waals surface area contributed by atoms with Crippen molar-refractivity contribution in [3.63, 3.8) is 0 Å². The molecule has 3 heterocycles. The number of rotatable bonds is 4. The van der Waals surface area contributed by atoms with Crippen LogP contribution in [0.5, 0.6) is 5.75 Å². The van der Waals surface area contributed by atoms with Crippen LogP contribution in [0.2, 0.25) is 0 Å². The molecular formula is C26H24N4O3. The van der Waals surface area contributed by atoms with Gasteiger partial charge in [0.25, 0.3) is 5.91 Å². The van der Waals surface area contributed by atoms with Gasteiger partial charge < -0.3 is 24.3 Å². The summed E-state index contributed by atoms with van der Waals surface area (Å²) in [6.45, 7) is 3.81. The number of ether oxygens (including phenoxy) is 2. The molecule has 1 fully saturated rings. The number of nitrogens with one attached hydrogen (secondary N) is 1. The molecule has 1 amide bonds. The SMILES string of the molecule is COc1ccc(-c2nc3ccc(N4Cc5cc(N6CCOCC6)ccc5C4=O)cc3[nH]2)cc1. The predicted molar refractivity (Wildman–Crippen MR) is 128 cm³/mol. The number of benzene rings is 3. The first kappa shape index (κ1) is 19.8. The number of imidazole rings is 1. The number of fused-ring (bicyclic) bond motifs is 2. The maximum absolute atomic E-state index is 13.2. The summed E-state index contributed by atoms with van der Waals surface area (Å²) in [6.07, 6.45) is 0. The summed E-state index contributed by atoms with van der Waals surface area (Å²) in [5.41, 5.74) is 6.60. The van der Waals surface area contributed by atoms with Gasteiger partial charge in [-0.15, -0.1) is 0 Å². The summed E-state index contributed by atoms with van der Waals surface area (Å²) in [5, 5.41) is 0. The molecule has 33 heavy (non-hydrogen) atoms. The monoisotopic (exact) mass is 440 g/mol. The summed E-state index contributed by atoms with van der Waals surface area (Å²) in [7, 11) is 1.65. The molecule has 0 saturated carbocycles. The molecule has 4 aromatic rings. The van der Waals surface area contributed by atoms with E-state index in [9.17, 15) is 4.79 Å². The molecule has 0 aliphatic carbocycles. The molecule has 0 bridgehead atoms. The van der Waals surface area contributed by atoms with E-state index >= 15 is 0 Å². The second kappa shape index (κ2) is 7.94. The standard InChI is InChI=1S/C26H24N4O3/c1-32-21-6-2-17(3-7-21)25-27-23-9-5-20(15-24(23)28-25)30-16-18-14-19(4-8-22(18)26(30)31)29-10-12-33-13-11-29/h2-9,14-15H,10-13,16H2,1H3,(H,27,28). The number of morpholine rings is 1. The van der Waals surface area contributed by atoms with Crippen molar-refractivity contribution >= 4 is 28.3 Å². The van der Waals surface area contributed by atoms with Crippen molar-refractivity contribution in [3.05, 3.63) is 71.8 Å². The molecule has 7 nitrogen and oxygen atoms in total. The van der Waals surface area contributed by atoms with E-state index < -0.39 is 0 Å². The lowest BCUT2D eigenvalue weighted by molar-refractivity contribution is 0.0996. The average Bonchev–Trinajstić information content (AvgIpc) is 3.45. The van der Waals surface area contributed by atoms with Crippen molar-refractivity contribution in [1.29, 1.82) is 0 Å². The third-order valence-electron chi connectivity index (χ3n) is 6.41. The zero-order valence-corrected chi connectivity index (χ0v) is 18.4. The van der Waals surface area contributed by atoms with Crippen LogP contribution in [-0.4, -0.2) is 49.3 Å². The van der Waals surface area contributed by atoms with E-state index in [0.717, 1.165) is 77.0 Å². The molecule has 1 saturated heterocycles. The van der Waals surface area contributed by atoms with Crippen LogP contribution in [0, 0.1) is 0 Å². The summed E-state index contributed by atoms with van der Waals surface area (Å²) < 4.78 is 10.7. The van der Waals surface area contributed by atoms with Gasteiger partial charge in [0.05, 0.1) is 37.9 Å². The molecule has 1 N–H and O–H groups in total. The zero-order chi connectivity index (χ0) is 22.4. The third kappa shape index (κ3) is 3.50. The number of hydrogen-bond acceptors (Lipinski definition) is 5. The maximum atomic E-state index is 13.2. The van der Waals surface area contributed by atoms with Crippen LogP contribution >= 0.6 is 0 Å². The van der Waals surface area contributed by atoms with Crippen molar-refractivity contribution in [2.75, 3.05) is 43.2 Å². The Labute approximate surface area is 191 Å². The summed E-state index contributed by atoms with van der Waals surface area (Å²) >= 11 is 0. The Hall–Kier alpha value is -3.84. The number of aromatic amines is 1. The fourth-order valence-corrected chi connectivity index (χ4v) is 4.59. The fraction of sp³-hybridized carbons (Fsp3) is 0.231. The maximum Gasteiger partial charge on any atom is 0.258 e. The Morgan fingerprint density at radius 1 is 0.970 bits per heavy atom. The van der Waals surface area contributed by atoms with Crippen molar-refractivity contribution in [2.24, 2.45) is 0 Å². The van der Waals surface area contributed by atoms with Gasteiger partial charge in [0, 0.05) is 35.6 Å². The number of hydrogen-bond donors (Lipinski definition) is 1. The smallest absolute Gasteiger partial charge is 0.258 e. The van der Waals surface area contributed by atoms with Crippen molar-refractivity contribution in [1.82, 2.24) is 9.97 Å². The van der Waals surface area contributed by atoms with E-state index in [0.29, 0.717) is 6.54 Å². The predicted octanol–water partition coefficient (Wildman–Crippen LogP) is 4.24. The van der Waals surface area contributed by atoms with Crippen LogP contribution in [0.15, 0.2) is 60.7 Å². The quantitative estimate of drug-likeness (QED) is 0.514. The number of methoxy groups -OCH3 is 1. The third-order valence-corrected chi connectivity index (χ3v) is 6.41. The Morgan fingerprint density at radius 2 is 1.76 bits per heavy atom. The molecular weight excluding hydrogens is 416 g/mol. The summed E-state index contributed by atoms with van der Waals surface area (Å²) in [5.74, 6) is 1.63. The van der Waals surface area contributed by atoms with Crippen LogP contribution in [0.4, 0.5) is 11.4 Å². The van der Waals surface area contributed by atoms with Gasteiger partial charge in [-0.2, -0.15) is 0 Å². The van der Waals surface area contributed by atoms with Gasteiger partial charge in [-0.25, -0.2) is 4.98 Å². The van der Waals surface area contributed by atoms with Crippen molar-refractivity contribution < 1.29 is 14.3 Å². The highest BCUT2D eigenvalue weighted by Gasteiger charge is 2.29. The number of carbonyl (C=O) groups excluding carboxylic acids is 1. The minimum atomic E-state index is 0.0350. The van der Waals surface area contributed by atoms with E-state index in [1.807, 2.05) is 59.5 Å². The average molecular weight is 441 g/mol. The number of amides is 1. The van der Waals surface area contributed by atoms with Gasteiger partial charge in [-0.3, -0.25) is 4.79 Å². The van der Waals surface area contributed by atoms with Gasteiger partial charge in [0.2, 0.25) is 0 Å². The van der Waals surface area contributed by atoms with Crippen LogP contribution < -0.4 is 14.5 Å². The van der Waals surface area contributed by atoms with E-state index in [-0.39, 0.29) is 5.91 Å². The highest BCUT2D eigenvalue weighted by atomic mass is 16.5. The van der Waals surface area contributed by atoms with E-state index in [1.54, 1.807) is 7.11 Å². The zero-order valence-electron chi connectivity index (χ0n) is 18.4. The number of carbonyl (C=O) groups is 1. The Morgan fingerprint density at radius 3 is 2.55 bits per heavy atom.